The lowest BCUT2D eigenvalue weighted by molar-refractivity contribution is -0.385. The van der Waals surface area contributed by atoms with Crippen LogP contribution in [0.3, 0.4) is 0 Å². The molecular formula is C17H29IN4O3. The molecule has 1 atom stereocenters. The van der Waals surface area contributed by atoms with Crippen molar-refractivity contribution in [3.63, 3.8) is 0 Å². The minimum absolute atomic E-state index is 0. The van der Waals surface area contributed by atoms with Crippen LogP contribution >= 0.6 is 24.0 Å². The molecule has 0 heterocycles. The smallest absolute Gasteiger partial charge is 0.274 e. The highest BCUT2D eigenvalue weighted by Crippen LogP contribution is 2.17. The van der Waals surface area contributed by atoms with E-state index in [4.69, 9.17) is 4.74 Å². The number of benzene rings is 1. The van der Waals surface area contributed by atoms with Crippen LogP contribution in [0.5, 0.6) is 0 Å². The molecule has 0 radical (unpaired) electrons. The number of rotatable bonds is 9. The van der Waals surface area contributed by atoms with Gasteiger partial charge in [-0.2, -0.15) is 0 Å². The Kier molecular flexibility index (Phi) is 12.1. The SMILES string of the molecule is CCOC(CCNC(=NC)NCc1ccccc1[N+](=O)[O-])C(C)C.I. The van der Waals surface area contributed by atoms with Crippen molar-refractivity contribution in [2.45, 2.75) is 39.8 Å². The number of nitrogens with zero attached hydrogens (tertiary/aromatic N) is 2. The molecular weight excluding hydrogens is 435 g/mol. The lowest BCUT2D eigenvalue weighted by Gasteiger charge is -2.21. The number of aliphatic imine (C=N–C) groups is 1. The van der Waals surface area contributed by atoms with E-state index in [1.165, 1.54) is 6.07 Å². The molecule has 25 heavy (non-hydrogen) atoms. The van der Waals surface area contributed by atoms with Crippen molar-refractivity contribution < 1.29 is 9.66 Å². The third kappa shape index (κ3) is 8.48. The molecule has 0 fully saturated rings. The number of nitrogens with one attached hydrogen (secondary N) is 2. The van der Waals surface area contributed by atoms with E-state index < -0.39 is 0 Å². The third-order valence-electron chi connectivity index (χ3n) is 3.70. The molecule has 0 saturated carbocycles. The van der Waals surface area contributed by atoms with Crippen LogP contribution in [0, 0.1) is 16.0 Å². The summed E-state index contributed by atoms with van der Waals surface area (Å²) in [5, 5.41) is 17.4. The highest BCUT2D eigenvalue weighted by atomic mass is 127. The van der Waals surface area contributed by atoms with Crippen molar-refractivity contribution in [3.8, 4) is 0 Å². The zero-order chi connectivity index (χ0) is 17.9. The van der Waals surface area contributed by atoms with E-state index in [9.17, 15) is 10.1 Å². The summed E-state index contributed by atoms with van der Waals surface area (Å²) in [7, 11) is 1.68. The molecule has 1 unspecified atom stereocenters. The Hall–Kier alpha value is -1.42. The highest BCUT2D eigenvalue weighted by Gasteiger charge is 2.14. The first-order valence-electron chi connectivity index (χ1n) is 8.28. The van der Waals surface area contributed by atoms with Crippen LogP contribution in [-0.4, -0.2) is 37.2 Å². The fourth-order valence-corrected chi connectivity index (χ4v) is 2.39. The quantitative estimate of drug-likeness (QED) is 0.193. The topological polar surface area (TPSA) is 88.8 Å². The number of nitro groups is 1. The van der Waals surface area contributed by atoms with Gasteiger partial charge in [0, 0.05) is 38.4 Å². The maximum absolute atomic E-state index is 11.0. The first kappa shape index (κ1) is 23.6. The molecule has 7 nitrogen and oxygen atoms in total. The molecule has 2 N–H and O–H groups in total. The molecule has 0 aliphatic carbocycles. The number of para-hydroxylation sites is 1. The molecule has 1 rings (SSSR count). The summed E-state index contributed by atoms with van der Waals surface area (Å²) >= 11 is 0. The Morgan fingerprint density at radius 3 is 2.56 bits per heavy atom. The number of ether oxygens (including phenoxy) is 1. The van der Waals surface area contributed by atoms with Gasteiger partial charge in [0.05, 0.1) is 11.0 Å². The fraction of sp³-hybridized carbons (Fsp3) is 0.588. The number of hydrogen-bond acceptors (Lipinski definition) is 4. The lowest BCUT2D eigenvalue weighted by atomic mass is 10.0. The van der Waals surface area contributed by atoms with Gasteiger partial charge < -0.3 is 15.4 Å². The minimum Gasteiger partial charge on any atom is -0.378 e. The molecule has 0 amide bonds. The second kappa shape index (κ2) is 12.9. The first-order chi connectivity index (χ1) is 11.5. The van der Waals surface area contributed by atoms with Crippen molar-refractivity contribution in [1.29, 1.82) is 0 Å². The molecule has 1 aromatic carbocycles. The van der Waals surface area contributed by atoms with E-state index in [0.717, 1.165) is 13.0 Å². The summed E-state index contributed by atoms with van der Waals surface area (Å²) < 4.78 is 5.71. The van der Waals surface area contributed by atoms with E-state index in [1.54, 1.807) is 25.2 Å². The van der Waals surface area contributed by atoms with E-state index >= 15 is 0 Å². The van der Waals surface area contributed by atoms with Crippen molar-refractivity contribution in [3.05, 3.63) is 39.9 Å². The predicted molar refractivity (Wildman–Crippen MR) is 112 cm³/mol. The molecule has 142 valence electrons. The van der Waals surface area contributed by atoms with Crippen molar-refractivity contribution in [2.24, 2.45) is 10.9 Å². The van der Waals surface area contributed by atoms with Crippen molar-refractivity contribution in [1.82, 2.24) is 10.6 Å². The summed E-state index contributed by atoms with van der Waals surface area (Å²) in [6.07, 6.45) is 1.08. The van der Waals surface area contributed by atoms with Crippen LogP contribution in [0.2, 0.25) is 0 Å². The van der Waals surface area contributed by atoms with Gasteiger partial charge in [0.2, 0.25) is 0 Å². The standard InChI is InChI=1S/C17H28N4O3.HI/c1-5-24-16(13(2)3)10-11-19-17(18-4)20-12-14-8-6-7-9-15(14)21(22)23;/h6-9,13,16H,5,10-12H2,1-4H3,(H2,18,19,20);1H. The molecule has 8 heteroatoms. The fourth-order valence-electron chi connectivity index (χ4n) is 2.39. The molecule has 0 aliphatic heterocycles. The molecule has 1 aromatic rings. The average molecular weight is 464 g/mol. The number of hydrogen-bond donors (Lipinski definition) is 2. The Labute approximate surface area is 166 Å². The largest absolute Gasteiger partial charge is 0.378 e. The Balaban J connectivity index is 0.00000576. The zero-order valence-electron chi connectivity index (χ0n) is 15.3. The van der Waals surface area contributed by atoms with Crippen LogP contribution in [0.4, 0.5) is 5.69 Å². The normalized spacial score (nSPS) is 12.4. The number of guanidine groups is 1. The van der Waals surface area contributed by atoms with Crippen LogP contribution < -0.4 is 10.6 Å². The van der Waals surface area contributed by atoms with E-state index in [1.807, 2.05) is 6.92 Å². The van der Waals surface area contributed by atoms with Crippen LogP contribution in [0.15, 0.2) is 29.3 Å². The second-order valence-electron chi connectivity index (χ2n) is 5.76. The van der Waals surface area contributed by atoms with Crippen molar-refractivity contribution >= 4 is 35.6 Å². The zero-order valence-corrected chi connectivity index (χ0v) is 17.7. The van der Waals surface area contributed by atoms with Crippen LogP contribution in [0.25, 0.3) is 0 Å². The molecule has 0 bridgehead atoms. The van der Waals surface area contributed by atoms with Gasteiger partial charge in [-0.15, -0.1) is 24.0 Å². The molecule has 0 aromatic heterocycles. The maximum atomic E-state index is 11.0. The van der Waals surface area contributed by atoms with Crippen LogP contribution in [-0.2, 0) is 11.3 Å². The lowest BCUT2D eigenvalue weighted by Crippen LogP contribution is -2.39. The van der Waals surface area contributed by atoms with E-state index in [-0.39, 0.29) is 40.7 Å². The van der Waals surface area contributed by atoms with Gasteiger partial charge in [-0.25, -0.2) is 0 Å². The van der Waals surface area contributed by atoms with E-state index in [2.05, 4.69) is 29.5 Å². The molecule has 0 saturated heterocycles. The minimum atomic E-state index is -0.372. The van der Waals surface area contributed by atoms with Crippen molar-refractivity contribution in [2.75, 3.05) is 20.2 Å². The predicted octanol–water partition coefficient (Wildman–Crippen LogP) is 3.33. The summed E-state index contributed by atoms with van der Waals surface area (Å²) in [6.45, 7) is 8.04. The monoisotopic (exact) mass is 464 g/mol. The summed E-state index contributed by atoms with van der Waals surface area (Å²) in [5.41, 5.74) is 0.733. The number of halogens is 1. The van der Waals surface area contributed by atoms with Gasteiger partial charge >= 0.3 is 0 Å². The highest BCUT2D eigenvalue weighted by molar-refractivity contribution is 14.0. The molecule has 0 aliphatic rings. The summed E-state index contributed by atoms with van der Waals surface area (Å²) in [5.74, 6) is 1.07. The summed E-state index contributed by atoms with van der Waals surface area (Å²) in [4.78, 5) is 14.8. The first-order valence-corrected chi connectivity index (χ1v) is 8.28. The van der Waals surface area contributed by atoms with Crippen LogP contribution in [0.1, 0.15) is 32.8 Å². The molecule has 0 spiro atoms. The average Bonchev–Trinajstić information content (AvgIpc) is 2.56. The second-order valence-corrected chi connectivity index (χ2v) is 5.76. The third-order valence-corrected chi connectivity index (χ3v) is 3.70. The Bertz CT molecular complexity index is 552. The van der Waals surface area contributed by atoms with Gasteiger partial charge in [0.25, 0.3) is 5.69 Å². The van der Waals surface area contributed by atoms with E-state index in [0.29, 0.717) is 30.6 Å². The maximum Gasteiger partial charge on any atom is 0.274 e. The number of nitro benzene ring substituents is 1. The van der Waals surface area contributed by atoms with Gasteiger partial charge in [-0.3, -0.25) is 15.1 Å². The van der Waals surface area contributed by atoms with Gasteiger partial charge in [-0.05, 0) is 19.3 Å². The van der Waals surface area contributed by atoms with Gasteiger partial charge in [0.15, 0.2) is 5.96 Å². The Morgan fingerprint density at radius 1 is 1.32 bits per heavy atom. The Morgan fingerprint density at radius 2 is 2.00 bits per heavy atom. The van der Waals surface area contributed by atoms with Gasteiger partial charge in [-0.1, -0.05) is 32.0 Å². The summed E-state index contributed by atoms with van der Waals surface area (Å²) in [6, 6.07) is 6.69. The van der Waals surface area contributed by atoms with Gasteiger partial charge in [0.1, 0.15) is 0 Å².